The van der Waals surface area contributed by atoms with E-state index in [9.17, 15) is 5.11 Å². The van der Waals surface area contributed by atoms with Gasteiger partial charge in [-0.2, -0.15) is 0 Å². The van der Waals surface area contributed by atoms with Gasteiger partial charge in [0.25, 0.3) is 0 Å². The summed E-state index contributed by atoms with van der Waals surface area (Å²) < 4.78 is 4.38. The van der Waals surface area contributed by atoms with Crippen molar-refractivity contribution in [3.05, 3.63) is 0 Å². The van der Waals surface area contributed by atoms with Gasteiger partial charge in [0.1, 0.15) is 0 Å². The van der Waals surface area contributed by atoms with Crippen LogP contribution in [0.15, 0.2) is 0 Å². The first-order valence-corrected chi connectivity index (χ1v) is 2.12. The Labute approximate surface area is 74.8 Å². The Morgan fingerprint density at radius 3 is 2.00 bits per heavy atom. The Morgan fingerprint density at radius 1 is 1.70 bits per heavy atom. The fraction of sp³-hybridized carbons (Fsp3) is 0.750. The maximum Gasteiger partial charge on any atom is 2.00 e. The Kier molecular flexibility index (Phi) is 26.4. The molecule has 6 heteroatoms. The van der Waals surface area contributed by atoms with Gasteiger partial charge in [-0.1, -0.05) is 0 Å². The summed E-state index contributed by atoms with van der Waals surface area (Å²) in [7, 11) is 1.51. The molecule has 1 N–H and O–H groups in total. The fourth-order valence-electron chi connectivity index (χ4n) is 0.0833. The van der Waals surface area contributed by atoms with Gasteiger partial charge in [0.2, 0.25) is 6.16 Å². The molecule has 0 aliphatic carbocycles. The van der Waals surface area contributed by atoms with Crippen molar-refractivity contribution >= 4 is 29.2 Å². The third kappa shape index (κ3) is 101. The van der Waals surface area contributed by atoms with Gasteiger partial charge in [-0.15, -0.1) is 6.61 Å². The van der Waals surface area contributed by atoms with E-state index in [-0.39, 0.29) is 29.7 Å². The van der Waals surface area contributed by atoms with E-state index in [2.05, 4.69) is 4.74 Å². The Morgan fingerprint density at radius 2 is 2.00 bits per heavy atom. The summed E-state index contributed by atoms with van der Waals surface area (Å²) in [6, 6.07) is 0. The van der Waals surface area contributed by atoms with Crippen molar-refractivity contribution in [1.82, 2.24) is 0 Å². The van der Waals surface area contributed by atoms with Crippen LogP contribution in [0.2, 0.25) is 0 Å². The molecule has 0 aromatic carbocycles. The number of hydrogen-bond acceptors (Lipinski definition) is 4. The van der Waals surface area contributed by atoms with Crippen LogP contribution in [0.4, 0.5) is 4.79 Å². The van der Waals surface area contributed by atoms with Gasteiger partial charge in [-0.3, -0.25) is 0 Å². The normalized spacial score (nSPS) is 6.60. The summed E-state index contributed by atoms with van der Waals surface area (Å²) in [5.41, 5.74) is 0. The summed E-state index contributed by atoms with van der Waals surface area (Å²) in [4.78, 5) is 8.44. The van der Waals surface area contributed by atoms with E-state index in [1.165, 1.54) is 7.11 Å². The van der Waals surface area contributed by atoms with Crippen molar-refractivity contribution < 1.29 is 24.9 Å². The molecule has 0 unspecified atom stereocenters. The van der Waals surface area contributed by atoms with E-state index in [0.717, 1.165) is 0 Å². The molecule has 0 heterocycles. The Balaban J connectivity index is -0.0000000910. The van der Waals surface area contributed by atoms with Crippen LogP contribution >= 0.6 is 0 Å². The van der Waals surface area contributed by atoms with E-state index in [1.54, 1.807) is 0 Å². The largest absolute Gasteiger partial charge is 2.00 e. The molecular weight excluding hydrogens is 152 g/mol. The molecular formula is C4H8MgO5. The molecule has 56 valence electrons. The van der Waals surface area contributed by atoms with Crippen molar-refractivity contribution in [3.8, 4) is 0 Å². The van der Waals surface area contributed by atoms with Crippen LogP contribution in [0.25, 0.3) is 0 Å². The Hall–Kier alpha value is -0.0438. The predicted molar refractivity (Wildman–Crippen MR) is 30.5 cm³/mol. The SMILES string of the molecule is COCC[O-].O=C([O-])O.[Mg+2]. The number of methoxy groups -OCH3 is 1. The van der Waals surface area contributed by atoms with Gasteiger partial charge in [-0.25, -0.2) is 0 Å². The van der Waals surface area contributed by atoms with Crippen LogP contribution in [0, 0.1) is 0 Å². The van der Waals surface area contributed by atoms with Gasteiger partial charge in [0.15, 0.2) is 0 Å². The van der Waals surface area contributed by atoms with Gasteiger partial charge in [0.05, 0.1) is 0 Å². The zero-order valence-corrected chi connectivity index (χ0v) is 7.12. The summed E-state index contributed by atoms with van der Waals surface area (Å²) in [6.45, 7) is 0.205. The van der Waals surface area contributed by atoms with Gasteiger partial charge >= 0.3 is 23.1 Å². The second-order valence-corrected chi connectivity index (χ2v) is 0.963. The van der Waals surface area contributed by atoms with E-state index in [1.807, 2.05) is 0 Å². The molecule has 10 heavy (non-hydrogen) atoms. The minimum atomic E-state index is -2.08. The van der Waals surface area contributed by atoms with E-state index in [0.29, 0.717) is 6.61 Å². The number of hydrogen-bond donors (Lipinski definition) is 1. The molecule has 0 saturated heterocycles. The average molecular weight is 160 g/mol. The molecule has 0 bridgehead atoms. The first-order valence-electron chi connectivity index (χ1n) is 2.12. The van der Waals surface area contributed by atoms with Crippen molar-refractivity contribution in [2.45, 2.75) is 0 Å². The second kappa shape index (κ2) is 16.0. The van der Waals surface area contributed by atoms with Crippen molar-refractivity contribution in [2.24, 2.45) is 0 Å². The van der Waals surface area contributed by atoms with Crippen LogP contribution in [0.3, 0.4) is 0 Å². The summed E-state index contributed by atoms with van der Waals surface area (Å²) in [5, 5.41) is 24.7. The molecule has 0 amide bonds. The molecule has 0 fully saturated rings. The first-order chi connectivity index (χ1) is 4.15. The summed E-state index contributed by atoms with van der Waals surface area (Å²) in [6.07, 6.45) is -2.08. The third-order valence-electron chi connectivity index (χ3n) is 0.287. The summed E-state index contributed by atoms with van der Waals surface area (Å²) >= 11 is 0. The zero-order valence-electron chi connectivity index (χ0n) is 5.70. The molecule has 0 aliphatic heterocycles. The van der Waals surface area contributed by atoms with Crippen LogP contribution in [0.1, 0.15) is 0 Å². The number of ether oxygens (including phenoxy) is 1. The molecule has 0 aliphatic rings. The molecule has 5 nitrogen and oxygen atoms in total. The average Bonchev–Trinajstić information content (AvgIpc) is 1.66. The van der Waals surface area contributed by atoms with Crippen LogP contribution < -0.4 is 10.2 Å². The molecule has 0 spiro atoms. The molecule has 0 rings (SSSR count). The van der Waals surface area contributed by atoms with E-state index < -0.39 is 6.16 Å². The minimum absolute atomic E-state index is 0. The van der Waals surface area contributed by atoms with Gasteiger partial charge in [-0.05, 0) is 0 Å². The summed E-state index contributed by atoms with van der Waals surface area (Å²) in [5.74, 6) is 0. The fourth-order valence-corrected chi connectivity index (χ4v) is 0.0833. The van der Waals surface area contributed by atoms with Crippen LogP contribution in [-0.4, -0.2) is 54.6 Å². The second-order valence-electron chi connectivity index (χ2n) is 0.963. The smallest absolute Gasteiger partial charge is 0.853 e. The van der Waals surface area contributed by atoms with E-state index in [4.69, 9.17) is 15.0 Å². The van der Waals surface area contributed by atoms with Crippen LogP contribution in [0.5, 0.6) is 0 Å². The minimum Gasteiger partial charge on any atom is -0.853 e. The molecule has 0 atom stereocenters. The number of rotatable bonds is 2. The van der Waals surface area contributed by atoms with E-state index >= 15 is 0 Å². The maximum absolute atomic E-state index is 9.40. The van der Waals surface area contributed by atoms with Gasteiger partial charge in [0, 0.05) is 13.7 Å². The Bertz CT molecular complexity index is 60.7. The zero-order chi connectivity index (χ0) is 7.70. The topological polar surface area (TPSA) is 92.7 Å². The standard InChI is InChI=1S/C3H7O2.CH2O3.Mg/c1-5-3-2-4;2-1(3)4;/h2-3H2,1H3;(H2,2,3,4);/q-1;;+2/p-1. The van der Waals surface area contributed by atoms with Crippen LogP contribution in [-0.2, 0) is 4.74 Å². The number of carbonyl (C=O) groups is 1. The third-order valence-corrected chi connectivity index (χ3v) is 0.287. The quantitative estimate of drug-likeness (QED) is 0.451. The molecule has 0 radical (unpaired) electrons. The van der Waals surface area contributed by atoms with Gasteiger partial charge < -0.3 is 24.9 Å². The monoisotopic (exact) mass is 160 g/mol. The van der Waals surface area contributed by atoms with Crippen molar-refractivity contribution in [1.29, 1.82) is 0 Å². The molecule has 0 aromatic heterocycles. The molecule has 0 saturated carbocycles. The van der Waals surface area contributed by atoms with Crippen molar-refractivity contribution in [2.75, 3.05) is 20.3 Å². The number of carboxylic acid groups (broad SMARTS) is 2. The maximum atomic E-state index is 9.40. The van der Waals surface area contributed by atoms with Crippen molar-refractivity contribution in [3.63, 3.8) is 0 Å². The first kappa shape index (κ1) is 16.5. The predicted octanol–water partition coefficient (Wildman–Crippen LogP) is -2.50. The molecule has 0 aromatic rings.